The van der Waals surface area contributed by atoms with Crippen LogP contribution < -0.4 is 5.32 Å². The average molecular weight is 359 g/mol. The van der Waals surface area contributed by atoms with Crippen molar-refractivity contribution >= 4 is 28.4 Å². The van der Waals surface area contributed by atoms with Crippen molar-refractivity contribution in [3.8, 4) is 0 Å². The van der Waals surface area contributed by atoms with Gasteiger partial charge in [-0.2, -0.15) is 5.21 Å². The van der Waals surface area contributed by atoms with Crippen molar-refractivity contribution < 1.29 is 4.79 Å². The van der Waals surface area contributed by atoms with Gasteiger partial charge in [-0.05, 0) is 37.1 Å². The molecule has 0 unspecified atom stereocenters. The van der Waals surface area contributed by atoms with E-state index in [9.17, 15) is 4.79 Å². The molecule has 0 aliphatic heterocycles. The summed E-state index contributed by atoms with van der Waals surface area (Å²) in [7, 11) is 0. The molecule has 8 heteroatoms. The molecule has 1 amide bonds. The van der Waals surface area contributed by atoms with Gasteiger partial charge in [-0.3, -0.25) is 4.79 Å². The molecule has 0 atom stereocenters. The summed E-state index contributed by atoms with van der Waals surface area (Å²) < 4.78 is 2.12. The first-order chi connectivity index (χ1) is 12.0. The third kappa shape index (κ3) is 3.00. The second-order valence-electron chi connectivity index (χ2n) is 6.90. The van der Waals surface area contributed by atoms with Crippen molar-refractivity contribution in [1.82, 2.24) is 30.5 Å². The molecular weight excluding hydrogens is 340 g/mol. The predicted molar refractivity (Wildman–Crippen MR) is 94.2 cm³/mol. The molecule has 0 bridgehead atoms. The lowest BCUT2D eigenvalue weighted by atomic mass is 9.62. The summed E-state index contributed by atoms with van der Waals surface area (Å²) >= 11 is 6.01. The molecule has 1 aliphatic rings. The van der Waals surface area contributed by atoms with E-state index in [0.29, 0.717) is 12.4 Å². The zero-order chi connectivity index (χ0) is 17.4. The summed E-state index contributed by atoms with van der Waals surface area (Å²) in [6.45, 7) is 3.31. The van der Waals surface area contributed by atoms with Crippen LogP contribution in [-0.4, -0.2) is 37.6 Å². The number of nitrogens with zero attached hydrogens (tertiary/aromatic N) is 4. The SMILES string of the molecule is CC1(C(=O)NCCn2ccc3cc(Cl)ccc32)CC(c2nn[nH]n2)C1. The van der Waals surface area contributed by atoms with Gasteiger partial charge in [0, 0.05) is 46.5 Å². The largest absolute Gasteiger partial charge is 0.354 e. The summed E-state index contributed by atoms with van der Waals surface area (Å²) in [5, 5.41) is 18.9. The number of hydrogen-bond acceptors (Lipinski definition) is 4. The van der Waals surface area contributed by atoms with E-state index in [1.807, 2.05) is 37.4 Å². The lowest BCUT2D eigenvalue weighted by Crippen LogP contribution is -2.47. The fourth-order valence-corrected chi connectivity index (χ4v) is 3.79. The van der Waals surface area contributed by atoms with Crippen molar-refractivity contribution in [2.45, 2.75) is 32.2 Å². The molecule has 4 rings (SSSR count). The second kappa shape index (κ2) is 6.15. The lowest BCUT2D eigenvalue weighted by molar-refractivity contribution is -0.135. The van der Waals surface area contributed by atoms with Gasteiger partial charge in [0.2, 0.25) is 5.91 Å². The zero-order valence-corrected chi connectivity index (χ0v) is 14.6. The number of benzene rings is 1. The first kappa shape index (κ1) is 16.1. The molecule has 0 saturated heterocycles. The number of aromatic nitrogens is 5. The van der Waals surface area contributed by atoms with E-state index in [1.54, 1.807) is 0 Å². The summed E-state index contributed by atoms with van der Waals surface area (Å²) in [5.41, 5.74) is 0.767. The van der Waals surface area contributed by atoms with Crippen LogP contribution in [0.25, 0.3) is 10.9 Å². The number of aromatic amines is 1. The minimum atomic E-state index is -0.350. The highest BCUT2D eigenvalue weighted by atomic mass is 35.5. The third-order valence-corrected chi connectivity index (χ3v) is 5.28. The van der Waals surface area contributed by atoms with Crippen molar-refractivity contribution in [1.29, 1.82) is 0 Å². The van der Waals surface area contributed by atoms with Crippen LogP contribution in [0, 0.1) is 5.41 Å². The fraction of sp³-hybridized carbons (Fsp3) is 0.412. The van der Waals surface area contributed by atoms with Crippen molar-refractivity contribution in [3.05, 3.63) is 41.3 Å². The standard InChI is InChI=1S/C17H19ClN6O/c1-17(9-12(10-17)15-20-22-23-21-15)16(25)19-5-7-24-6-4-11-8-13(18)2-3-14(11)24/h2-4,6,8,12H,5,7,9-10H2,1H3,(H,19,25)(H,20,21,22,23). The highest BCUT2D eigenvalue weighted by Crippen LogP contribution is 2.49. The summed E-state index contributed by atoms with van der Waals surface area (Å²) in [5.74, 6) is 1.00. The number of carbonyl (C=O) groups excluding carboxylic acids is 1. The number of nitrogens with one attached hydrogen (secondary N) is 2. The molecule has 0 radical (unpaired) electrons. The van der Waals surface area contributed by atoms with Gasteiger partial charge in [0.05, 0.1) is 0 Å². The topological polar surface area (TPSA) is 88.5 Å². The molecule has 3 aromatic rings. The Morgan fingerprint density at radius 2 is 2.28 bits per heavy atom. The number of tetrazole rings is 1. The molecule has 25 heavy (non-hydrogen) atoms. The Labute approximate surface area is 149 Å². The fourth-order valence-electron chi connectivity index (χ4n) is 3.61. The summed E-state index contributed by atoms with van der Waals surface area (Å²) in [6, 6.07) is 7.86. The highest BCUT2D eigenvalue weighted by Gasteiger charge is 2.48. The maximum absolute atomic E-state index is 12.5. The van der Waals surface area contributed by atoms with Crippen LogP contribution in [-0.2, 0) is 11.3 Å². The zero-order valence-electron chi connectivity index (χ0n) is 13.9. The van der Waals surface area contributed by atoms with E-state index in [-0.39, 0.29) is 17.2 Å². The molecule has 2 aromatic heterocycles. The monoisotopic (exact) mass is 358 g/mol. The van der Waals surface area contributed by atoms with Crippen molar-refractivity contribution in [2.24, 2.45) is 5.41 Å². The van der Waals surface area contributed by atoms with Gasteiger partial charge in [0.1, 0.15) is 0 Å². The molecule has 1 aliphatic carbocycles. The third-order valence-electron chi connectivity index (χ3n) is 5.04. The van der Waals surface area contributed by atoms with E-state index in [2.05, 4.69) is 30.5 Å². The average Bonchev–Trinajstić information content (AvgIpc) is 3.21. The van der Waals surface area contributed by atoms with Crippen LogP contribution in [0.1, 0.15) is 31.5 Å². The normalized spacial score (nSPS) is 22.7. The number of rotatable bonds is 5. The van der Waals surface area contributed by atoms with Gasteiger partial charge >= 0.3 is 0 Å². The molecule has 7 nitrogen and oxygen atoms in total. The molecule has 0 spiro atoms. The molecular formula is C17H19ClN6O. The Kier molecular flexibility index (Phi) is 3.95. The molecule has 1 fully saturated rings. The minimum absolute atomic E-state index is 0.0896. The number of fused-ring (bicyclic) bond motifs is 1. The molecule has 1 aromatic carbocycles. The Morgan fingerprint density at radius 1 is 1.44 bits per heavy atom. The quantitative estimate of drug-likeness (QED) is 0.733. The van der Waals surface area contributed by atoms with Crippen LogP contribution >= 0.6 is 11.6 Å². The van der Waals surface area contributed by atoms with Gasteiger partial charge in [0.15, 0.2) is 5.82 Å². The number of hydrogen-bond donors (Lipinski definition) is 2. The summed E-state index contributed by atoms with van der Waals surface area (Å²) in [6.07, 6.45) is 3.52. The highest BCUT2D eigenvalue weighted by molar-refractivity contribution is 6.31. The first-order valence-corrected chi connectivity index (χ1v) is 8.69. The smallest absolute Gasteiger partial charge is 0.226 e. The first-order valence-electron chi connectivity index (χ1n) is 8.31. The molecule has 2 heterocycles. The van der Waals surface area contributed by atoms with Crippen LogP contribution in [0.5, 0.6) is 0 Å². The molecule has 2 N–H and O–H groups in total. The number of carbonyl (C=O) groups is 1. The van der Waals surface area contributed by atoms with Gasteiger partial charge < -0.3 is 9.88 Å². The Balaban J connectivity index is 1.32. The van der Waals surface area contributed by atoms with Crippen LogP contribution in [0.3, 0.4) is 0 Å². The van der Waals surface area contributed by atoms with E-state index < -0.39 is 0 Å². The predicted octanol–water partition coefficient (Wildman–Crippen LogP) is 2.51. The van der Waals surface area contributed by atoms with Crippen LogP contribution in [0.4, 0.5) is 0 Å². The second-order valence-corrected chi connectivity index (χ2v) is 7.34. The van der Waals surface area contributed by atoms with Crippen LogP contribution in [0.15, 0.2) is 30.5 Å². The molecule has 130 valence electrons. The summed E-state index contributed by atoms with van der Waals surface area (Å²) in [4.78, 5) is 12.5. The number of H-pyrrole nitrogens is 1. The van der Waals surface area contributed by atoms with E-state index in [4.69, 9.17) is 11.6 Å². The maximum atomic E-state index is 12.5. The Morgan fingerprint density at radius 3 is 3.04 bits per heavy atom. The Bertz CT molecular complexity index is 897. The number of halogens is 1. The van der Waals surface area contributed by atoms with E-state index in [0.717, 1.165) is 35.3 Å². The minimum Gasteiger partial charge on any atom is -0.354 e. The number of amides is 1. The van der Waals surface area contributed by atoms with Gasteiger partial charge in [0.25, 0.3) is 0 Å². The Hall–Kier alpha value is -2.41. The van der Waals surface area contributed by atoms with Crippen LogP contribution in [0.2, 0.25) is 5.02 Å². The van der Waals surface area contributed by atoms with Crippen molar-refractivity contribution in [3.63, 3.8) is 0 Å². The van der Waals surface area contributed by atoms with Crippen molar-refractivity contribution in [2.75, 3.05) is 6.54 Å². The van der Waals surface area contributed by atoms with Gasteiger partial charge in [-0.1, -0.05) is 23.7 Å². The van der Waals surface area contributed by atoms with Gasteiger partial charge in [-0.15, -0.1) is 10.2 Å². The maximum Gasteiger partial charge on any atom is 0.226 e. The van der Waals surface area contributed by atoms with E-state index in [1.165, 1.54) is 0 Å². The lowest BCUT2D eigenvalue weighted by Gasteiger charge is -2.42. The van der Waals surface area contributed by atoms with E-state index >= 15 is 0 Å². The molecule has 1 saturated carbocycles. The van der Waals surface area contributed by atoms with Gasteiger partial charge in [-0.25, -0.2) is 0 Å².